The minimum absolute atomic E-state index is 0.169. The molecule has 35 heavy (non-hydrogen) atoms. The fourth-order valence-electron chi connectivity index (χ4n) is 4.50. The first-order valence-electron chi connectivity index (χ1n) is 11.4. The van der Waals surface area contributed by atoms with E-state index in [9.17, 15) is 8.42 Å². The molecule has 5 rings (SSSR count). The molecule has 0 saturated heterocycles. The van der Waals surface area contributed by atoms with Crippen molar-refractivity contribution >= 4 is 20.6 Å². The molecule has 3 aromatic carbocycles. The highest BCUT2D eigenvalue weighted by molar-refractivity contribution is 7.90. The minimum Gasteiger partial charge on any atom is -0.256 e. The van der Waals surface area contributed by atoms with Gasteiger partial charge >= 0.3 is 0 Å². The lowest BCUT2D eigenvalue weighted by Gasteiger charge is -2.13. The molecule has 0 aliphatic carbocycles. The molecule has 0 bridgehead atoms. The van der Waals surface area contributed by atoms with Gasteiger partial charge in [0.05, 0.1) is 22.0 Å². The van der Waals surface area contributed by atoms with Crippen molar-refractivity contribution in [3.63, 3.8) is 0 Å². The van der Waals surface area contributed by atoms with Crippen LogP contribution in [-0.2, 0) is 15.6 Å². The zero-order chi connectivity index (χ0) is 24.6. The number of hydrogen-bond acceptors (Lipinski definition) is 5. The molecule has 5 aromatic rings. The van der Waals surface area contributed by atoms with Crippen LogP contribution < -0.4 is 0 Å². The lowest BCUT2D eigenvalue weighted by molar-refractivity contribution is 0.594. The van der Waals surface area contributed by atoms with Gasteiger partial charge in [0.25, 0.3) is 0 Å². The van der Waals surface area contributed by atoms with Crippen LogP contribution in [0.15, 0.2) is 90.3 Å². The number of fused-ring (bicyclic) bond motifs is 1. The Hall–Kier alpha value is -3.90. The maximum absolute atomic E-state index is 13.0. The summed E-state index contributed by atoms with van der Waals surface area (Å²) >= 11 is 0. The smallest absolute Gasteiger partial charge is 0.184 e. The molecule has 5 nitrogen and oxygen atoms in total. The van der Waals surface area contributed by atoms with Crippen molar-refractivity contribution in [2.75, 3.05) is 0 Å². The zero-order valence-corrected chi connectivity index (χ0v) is 20.7. The van der Waals surface area contributed by atoms with Gasteiger partial charge in [0.2, 0.25) is 0 Å². The average molecular weight is 480 g/mol. The van der Waals surface area contributed by atoms with Crippen molar-refractivity contribution in [2.24, 2.45) is 0 Å². The summed E-state index contributed by atoms with van der Waals surface area (Å²) in [5, 5.41) is 1.74. The van der Waals surface area contributed by atoms with E-state index in [4.69, 9.17) is 0 Å². The average Bonchev–Trinajstić information content (AvgIpc) is 2.83. The molecule has 0 fully saturated rings. The first-order valence-corrected chi connectivity index (χ1v) is 13.0. The fraction of sp³-hybridized carbons (Fsp3) is 0.138. The monoisotopic (exact) mass is 479 g/mol. The van der Waals surface area contributed by atoms with E-state index in [0.29, 0.717) is 5.69 Å². The molecule has 0 saturated carbocycles. The van der Waals surface area contributed by atoms with Crippen molar-refractivity contribution in [1.29, 1.82) is 0 Å². The number of hydrogen-bond donors (Lipinski definition) is 0. The van der Waals surface area contributed by atoms with Gasteiger partial charge in [0.1, 0.15) is 6.33 Å². The number of sulfone groups is 1. The first kappa shape index (κ1) is 22.9. The topological polar surface area (TPSA) is 72.8 Å². The third-order valence-electron chi connectivity index (χ3n) is 6.11. The third-order valence-corrected chi connectivity index (χ3v) is 7.76. The highest BCUT2D eigenvalue weighted by Crippen LogP contribution is 2.33. The van der Waals surface area contributed by atoms with Gasteiger partial charge in [0, 0.05) is 23.3 Å². The van der Waals surface area contributed by atoms with Crippen LogP contribution in [0, 0.1) is 20.8 Å². The van der Waals surface area contributed by atoms with Gasteiger partial charge < -0.3 is 0 Å². The predicted molar refractivity (Wildman–Crippen MR) is 140 cm³/mol. The van der Waals surface area contributed by atoms with Crippen molar-refractivity contribution in [3.05, 3.63) is 108 Å². The SMILES string of the molecule is Cc1cc(C)cc(-c2ccc(-c3nccc4cc(S(=O)(=O)Cc5ccncn5)ccc34)c(C)c2)c1. The minimum atomic E-state index is -3.54. The normalized spacial score (nSPS) is 11.6. The second kappa shape index (κ2) is 9.04. The van der Waals surface area contributed by atoms with Crippen LogP contribution in [0.3, 0.4) is 0 Å². The second-order valence-corrected chi connectivity index (χ2v) is 10.9. The van der Waals surface area contributed by atoms with Gasteiger partial charge in [-0.25, -0.2) is 18.4 Å². The largest absolute Gasteiger partial charge is 0.256 e. The summed E-state index contributed by atoms with van der Waals surface area (Å²) < 4.78 is 26.0. The summed E-state index contributed by atoms with van der Waals surface area (Å²) in [5.74, 6) is -0.169. The highest BCUT2D eigenvalue weighted by Gasteiger charge is 2.18. The molecule has 0 aliphatic heterocycles. The molecule has 0 unspecified atom stereocenters. The Kier molecular flexibility index (Phi) is 5.91. The van der Waals surface area contributed by atoms with E-state index in [1.165, 1.54) is 23.0 Å². The Labute approximate surface area is 205 Å². The Bertz CT molecular complexity index is 1640. The molecular weight excluding hydrogens is 454 g/mol. The molecular formula is C29H25N3O2S. The van der Waals surface area contributed by atoms with Gasteiger partial charge in [-0.15, -0.1) is 0 Å². The fourth-order valence-corrected chi connectivity index (χ4v) is 5.80. The van der Waals surface area contributed by atoms with Crippen molar-refractivity contribution in [1.82, 2.24) is 15.0 Å². The number of aryl methyl sites for hydroxylation is 3. The maximum Gasteiger partial charge on any atom is 0.184 e. The van der Waals surface area contributed by atoms with Crippen LogP contribution in [0.25, 0.3) is 33.2 Å². The first-order chi connectivity index (χ1) is 16.8. The van der Waals surface area contributed by atoms with Gasteiger partial charge in [-0.1, -0.05) is 53.6 Å². The van der Waals surface area contributed by atoms with Crippen LogP contribution in [0.1, 0.15) is 22.4 Å². The maximum atomic E-state index is 13.0. The Morgan fingerprint density at radius 1 is 0.743 bits per heavy atom. The summed E-state index contributed by atoms with van der Waals surface area (Å²) in [6, 6.07) is 21.7. The van der Waals surface area contributed by atoms with E-state index < -0.39 is 9.84 Å². The predicted octanol–water partition coefficient (Wildman–Crippen LogP) is 6.26. The van der Waals surface area contributed by atoms with Crippen LogP contribution in [0.2, 0.25) is 0 Å². The molecule has 174 valence electrons. The van der Waals surface area contributed by atoms with E-state index in [1.54, 1.807) is 30.6 Å². The Morgan fingerprint density at radius 3 is 2.26 bits per heavy atom. The molecule has 0 N–H and O–H groups in total. The van der Waals surface area contributed by atoms with Gasteiger partial charge in [-0.05, 0) is 67.1 Å². The molecule has 2 heterocycles. The summed E-state index contributed by atoms with van der Waals surface area (Å²) in [7, 11) is -3.54. The number of benzene rings is 3. The second-order valence-electron chi connectivity index (χ2n) is 8.91. The van der Waals surface area contributed by atoms with E-state index in [2.05, 4.69) is 72.1 Å². The molecule has 0 radical (unpaired) electrons. The van der Waals surface area contributed by atoms with E-state index in [-0.39, 0.29) is 10.6 Å². The van der Waals surface area contributed by atoms with E-state index in [0.717, 1.165) is 33.2 Å². The standard InChI is InChI=1S/C29H25N3O2S/c1-19-12-20(2)14-24(13-19)22-4-6-27(21(3)15-22)29-28-7-5-26(16-23(28)8-11-31-29)35(33,34)17-25-9-10-30-18-32-25/h4-16,18H,17H2,1-3H3. The summed E-state index contributed by atoms with van der Waals surface area (Å²) in [4.78, 5) is 12.8. The molecule has 0 atom stereocenters. The number of aromatic nitrogens is 3. The quantitative estimate of drug-likeness (QED) is 0.298. The molecule has 0 aliphatic rings. The van der Waals surface area contributed by atoms with E-state index in [1.807, 2.05) is 12.1 Å². The molecule has 2 aromatic heterocycles. The van der Waals surface area contributed by atoms with Crippen LogP contribution >= 0.6 is 0 Å². The lowest BCUT2D eigenvalue weighted by Crippen LogP contribution is -2.06. The number of nitrogens with zero attached hydrogens (tertiary/aromatic N) is 3. The van der Waals surface area contributed by atoms with Gasteiger partial charge in [-0.3, -0.25) is 4.98 Å². The van der Waals surface area contributed by atoms with Crippen LogP contribution in [0.5, 0.6) is 0 Å². The van der Waals surface area contributed by atoms with Gasteiger partial charge in [-0.2, -0.15) is 0 Å². The lowest BCUT2D eigenvalue weighted by atomic mass is 9.94. The highest BCUT2D eigenvalue weighted by atomic mass is 32.2. The Morgan fingerprint density at radius 2 is 1.54 bits per heavy atom. The Balaban J connectivity index is 1.53. The zero-order valence-electron chi connectivity index (χ0n) is 19.9. The molecule has 0 amide bonds. The molecule has 6 heteroatoms. The van der Waals surface area contributed by atoms with Crippen LogP contribution in [-0.4, -0.2) is 23.4 Å². The molecule has 0 spiro atoms. The summed E-state index contributed by atoms with van der Waals surface area (Å²) in [6.45, 7) is 6.31. The van der Waals surface area contributed by atoms with Crippen molar-refractivity contribution < 1.29 is 8.42 Å². The van der Waals surface area contributed by atoms with Crippen molar-refractivity contribution in [3.8, 4) is 22.4 Å². The summed E-state index contributed by atoms with van der Waals surface area (Å²) in [5.41, 5.74) is 8.29. The summed E-state index contributed by atoms with van der Waals surface area (Å²) in [6.07, 6.45) is 4.64. The number of rotatable bonds is 5. The van der Waals surface area contributed by atoms with Crippen LogP contribution in [0.4, 0.5) is 0 Å². The third kappa shape index (κ3) is 4.70. The van der Waals surface area contributed by atoms with E-state index >= 15 is 0 Å². The van der Waals surface area contributed by atoms with Crippen molar-refractivity contribution in [2.45, 2.75) is 31.4 Å². The number of pyridine rings is 1. The van der Waals surface area contributed by atoms with Gasteiger partial charge in [0.15, 0.2) is 9.84 Å².